The van der Waals surface area contributed by atoms with Crippen LogP contribution >= 0.6 is 0 Å². The lowest BCUT2D eigenvalue weighted by atomic mass is 9.86. The Hall–Kier alpha value is -2.74. The zero-order chi connectivity index (χ0) is 23.2. The first-order valence-corrected chi connectivity index (χ1v) is 11.9. The molecule has 0 saturated carbocycles. The third-order valence-corrected chi connectivity index (χ3v) is 6.01. The SMILES string of the molecule is COc1ccc(N([C@@H](C)C(=O)NCCOc2ccccc2C(C)(C)C)S(C)(=O)=O)cc1. The second kappa shape index (κ2) is 10.0. The maximum Gasteiger partial charge on any atom is 0.243 e. The van der Waals surface area contributed by atoms with E-state index in [1.54, 1.807) is 31.2 Å². The Morgan fingerprint density at radius 1 is 1.10 bits per heavy atom. The highest BCUT2D eigenvalue weighted by Crippen LogP contribution is 2.30. The fraction of sp³-hybridized carbons (Fsp3) is 0.435. The number of carbonyl (C=O) groups is 1. The third kappa shape index (κ3) is 6.62. The highest BCUT2D eigenvalue weighted by molar-refractivity contribution is 7.92. The summed E-state index contributed by atoms with van der Waals surface area (Å²) in [5.41, 5.74) is 1.40. The van der Waals surface area contributed by atoms with Crippen LogP contribution in [0.3, 0.4) is 0 Å². The first kappa shape index (κ1) is 24.5. The normalized spacial score (nSPS) is 12.7. The number of rotatable bonds is 9. The van der Waals surface area contributed by atoms with Gasteiger partial charge in [0.25, 0.3) is 0 Å². The summed E-state index contributed by atoms with van der Waals surface area (Å²) in [4.78, 5) is 12.7. The molecule has 170 valence electrons. The van der Waals surface area contributed by atoms with E-state index in [0.29, 0.717) is 11.4 Å². The predicted molar refractivity (Wildman–Crippen MR) is 123 cm³/mol. The molecule has 2 aromatic rings. The van der Waals surface area contributed by atoms with Gasteiger partial charge in [-0.05, 0) is 48.2 Å². The molecule has 0 aromatic heterocycles. The number of hydrogen-bond donors (Lipinski definition) is 1. The van der Waals surface area contributed by atoms with Crippen LogP contribution in [0.5, 0.6) is 11.5 Å². The Balaban J connectivity index is 2.02. The van der Waals surface area contributed by atoms with Gasteiger partial charge in [0, 0.05) is 0 Å². The van der Waals surface area contributed by atoms with Crippen molar-refractivity contribution in [1.82, 2.24) is 5.32 Å². The zero-order valence-electron chi connectivity index (χ0n) is 19.0. The van der Waals surface area contributed by atoms with Crippen molar-refractivity contribution in [2.45, 2.75) is 39.2 Å². The van der Waals surface area contributed by atoms with Gasteiger partial charge in [-0.2, -0.15) is 0 Å². The molecule has 0 aliphatic rings. The maximum atomic E-state index is 12.7. The van der Waals surface area contributed by atoms with Crippen LogP contribution in [0.4, 0.5) is 5.69 Å². The molecule has 0 fully saturated rings. The molecule has 0 saturated heterocycles. The molecule has 0 radical (unpaired) electrons. The zero-order valence-corrected chi connectivity index (χ0v) is 19.8. The number of ether oxygens (including phenoxy) is 2. The van der Waals surface area contributed by atoms with E-state index in [4.69, 9.17) is 9.47 Å². The molecule has 1 atom stereocenters. The molecule has 1 amide bonds. The number of sulfonamides is 1. The molecule has 0 aliphatic carbocycles. The largest absolute Gasteiger partial charge is 0.497 e. The minimum Gasteiger partial charge on any atom is -0.497 e. The van der Waals surface area contributed by atoms with Crippen molar-refractivity contribution < 1.29 is 22.7 Å². The monoisotopic (exact) mass is 448 g/mol. The average Bonchev–Trinajstić information content (AvgIpc) is 2.70. The van der Waals surface area contributed by atoms with Crippen molar-refractivity contribution in [3.05, 3.63) is 54.1 Å². The molecular weight excluding hydrogens is 416 g/mol. The lowest BCUT2D eigenvalue weighted by Crippen LogP contribution is -2.48. The lowest BCUT2D eigenvalue weighted by molar-refractivity contribution is -0.121. The fourth-order valence-electron chi connectivity index (χ4n) is 3.23. The molecule has 0 aliphatic heterocycles. The minimum atomic E-state index is -3.68. The molecule has 0 heterocycles. The molecule has 0 spiro atoms. The van der Waals surface area contributed by atoms with Crippen molar-refractivity contribution in [3.8, 4) is 11.5 Å². The van der Waals surface area contributed by atoms with Crippen LogP contribution in [-0.4, -0.2) is 46.9 Å². The Labute approximate surface area is 185 Å². The van der Waals surface area contributed by atoms with Gasteiger partial charge in [0.05, 0.1) is 25.6 Å². The lowest BCUT2D eigenvalue weighted by Gasteiger charge is -2.28. The van der Waals surface area contributed by atoms with Gasteiger partial charge >= 0.3 is 0 Å². The van der Waals surface area contributed by atoms with Crippen LogP contribution in [0.2, 0.25) is 0 Å². The Morgan fingerprint density at radius 2 is 1.71 bits per heavy atom. The van der Waals surface area contributed by atoms with Gasteiger partial charge in [-0.15, -0.1) is 0 Å². The summed E-state index contributed by atoms with van der Waals surface area (Å²) in [6.45, 7) is 8.40. The number of benzene rings is 2. The quantitative estimate of drug-likeness (QED) is 0.595. The fourth-order valence-corrected chi connectivity index (χ4v) is 4.41. The number of amides is 1. The van der Waals surface area contributed by atoms with Gasteiger partial charge in [-0.25, -0.2) is 8.42 Å². The highest BCUT2D eigenvalue weighted by atomic mass is 32.2. The summed E-state index contributed by atoms with van der Waals surface area (Å²) in [6.07, 6.45) is 1.08. The summed E-state index contributed by atoms with van der Waals surface area (Å²) in [6, 6.07) is 13.4. The molecule has 2 rings (SSSR count). The van der Waals surface area contributed by atoms with Crippen LogP contribution < -0.4 is 19.1 Å². The van der Waals surface area contributed by atoms with E-state index >= 15 is 0 Å². The van der Waals surface area contributed by atoms with Crippen LogP contribution in [0, 0.1) is 0 Å². The Kier molecular flexibility index (Phi) is 7.95. The van der Waals surface area contributed by atoms with E-state index in [1.807, 2.05) is 24.3 Å². The van der Waals surface area contributed by atoms with E-state index in [9.17, 15) is 13.2 Å². The van der Waals surface area contributed by atoms with E-state index in [-0.39, 0.29) is 18.6 Å². The average molecular weight is 449 g/mol. The topological polar surface area (TPSA) is 84.9 Å². The summed E-state index contributed by atoms with van der Waals surface area (Å²) in [5, 5.41) is 2.76. The van der Waals surface area contributed by atoms with E-state index in [1.165, 1.54) is 7.11 Å². The van der Waals surface area contributed by atoms with Crippen molar-refractivity contribution >= 4 is 21.6 Å². The first-order valence-electron chi connectivity index (χ1n) is 10.1. The van der Waals surface area contributed by atoms with Gasteiger partial charge in [-0.1, -0.05) is 39.0 Å². The molecule has 8 heteroatoms. The Morgan fingerprint density at radius 3 is 2.26 bits per heavy atom. The van der Waals surface area contributed by atoms with Gasteiger partial charge in [-0.3, -0.25) is 9.10 Å². The second-order valence-electron chi connectivity index (χ2n) is 8.32. The maximum absolute atomic E-state index is 12.7. The standard InChI is InChI=1S/C23H32N2O5S/c1-17(25(31(6,27)28)18-11-13-19(29-5)14-12-18)22(26)24-15-16-30-21-10-8-7-9-20(21)23(2,3)4/h7-14,17H,15-16H2,1-6H3,(H,24,26)/t17-/m0/s1. The number of para-hydroxylation sites is 1. The highest BCUT2D eigenvalue weighted by Gasteiger charge is 2.29. The van der Waals surface area contributed by atoms with Crippen molar-refractivity contribution in [2.24, 2.45) is 0 Å². The van der Waals surface area contributed by atoms with Crippen LogP contribution in [0.25, 0.3) is 0 Å². The van der Waals surface area contributed by atoms with Gasteiger partial charge in [0.15, 0.2) is 0 Å². The van der Waals surface area contributed by atoms with Gasteiger partial charge in [0.2, 0.25) is 15.9 Å². The molecule has 2 aromatic carbocycles. The number of carbonyl (C=O) groups excluding carboxylic acids is 1. The van der Waals surface area contributed by atoms with Crippen molar-refractivity contribution in [2.75, 3.05) is 30.8 Å². The smallest absolute Gasteiger partial charge is 0.243 e. The van der Waals surface area contributed by atoms with Crippen LogP contribution in [0.1, 0.15) is 33.3 Å². The molecular formula is C23H32N2O5S. The van der Waals surface area contributed by atoms with Crippen molar-refractivity contribution in [3.63, 3.8) is 0 Å². The molecule has 0 unspecified atom stereocenters. The predicted octanol–water partition coefficient (Wildman–Crippen LogP) is 3.34. The molecule has 31 heavy (non-hydrogen) atoms. The molecule has 1 N–H and O–H groups in total. The Bertz CT molecular complexity index is 982. The summed E-state index contributed by atoms with van der Waals surface area (Å²) < 4.78 is 36.8. The number of hydrogen-bond acceptors (Lipinski definition) is 5. The number of methoxy groups -OCH3 is 1. The van der Waals surface area contributed by atoms with Gasteiger partial charge in [0.1, 0.15) is 24.1 Å². The summed E-state index contributed by atoms with van der Waals surface area (Å²) in [5.74, 6) is 0.962. The van der Waals surface area contributed by atoms with E-state index in [2.05, 4.69) is 26.1 Å². The second-order valence-corrected chi connectivity index (χ2v) is 10.2. The summed E-state index contributed by atoms with van der Waals surface area (Å²) in [7, 11) is -2.15. The molecule has 7 nitrogen and oxygen atoms in total. The van der Waals surface area contributed by atoms with E-state index in [0.717, 1.165) is 21.9 Å². The van der Waals surface area contributed by atoms with Crippen LogP contribution in [-0.2, 0) is 20.2 Å². The molecule has 0 bridgehead atoms. The van der Waals surface area contributed by atoms with Gasteiger partial charge < -0.3 is 14.8 Å². The number of nitrogens with one attached hydrogen (secondary N) is 1. The number of nitrogens with zero attached hydrogens (tertiary/aromatic N) is 1. The van der Waals surface area contributed by atoms with Crippen molar-refractivity contribution in [1.29, 1.82) is 0 Å². The third-order valence-electron chi connectivity index (χ3n) is 4.77. The van der Waals surface area contributed by atoms with Crippen LogP contribution in [0.15, 0.2) is 48.5 Å². The first-order chi connectivity index (χ1) is 14.4. The summed E-state index contributed by atoms with van der Waals surface area (Å²) >= 11 is 0. The minimum absolute atomic E-state index is 0.0668. The van der Waals surface area contributed by atoms with E-state index < -0.39 is 22.0 Å². The number of anilines is 1.